The Bertz CT molecular complexity index is 1120. The third-order valence-corrected chi connectivity index (χ3v) is 4.03. The first-order valence-corrected chi connectivity index (χ1v) is 7.72. The van der Waals surface area contributed by atoms with E-state index in [0.717, 1.165) is 10.9 Å². The van der Waals surface area contributed by atoms with Crippen LogP contribution in [-0.2, 0) is 6.54 Å². The third kappa shape index (κ3) is 2.85. The Morgan fingerprint density at radius 2 is 1.96 bits per heavy atom. The van der Waals surface area contributed by atoms with Crippen LogP contribution in [0.4, 0.5) is 0 Å². The Hall–Kier alpha value is -3.54. The van der Waals surface area contributed by atoms with E-state index in [1.54, 1.807) is 12.1 Å². The Balaban J connectivity index is 1.61. The number of H-pyrrole nitrogens is 1. The second-order valence-electron chi connectivity index (χ2n) is 5.72. The lowest BCUT2D eigenvalue weighted by Crippen LogP contribution is -2.23. The van der Waals surface area contributed by atoms with Gasteiger partial charge >= 0.3 is 5.63 Å². The molecule has 25 heavy (non-hydrogen) atoms. The fourth-order valence-electron chi connectivity index (χ4n) is 2.83. The van der Waals surface area contributed by atoms with Gasteiger partial charge in [0.05, 0.1) is 0 Å². The van der Waals surface area contributed by atoms with Crippen molar-refractivity contribution in [3.05, 3.63) is 76.3 Å². The number of aromatic amines is 1. The average molecular weight is 334 g/mol. The van der Waals surface area contributed by atoms with Gasteiger partial charge in [0.25, 0.3) is 5.91 Å². The molecular weight excluding hydrogens is 320 g/mol. The topological polar surface area (TPSA) is 95.3 Å². The Labute approximate surface area is 141 Å². The summed E-state index contributed by atoms with van der Waals surface area (Å²) < 4.78 is 5.08. The summed E-state index contributed by atoms with van der Waals surface area (Å²) in [5.74, 6) is -0.258. The molecule has 0 aliphatic carbocycles. The predicted octanol–water partition coefficient (Wildman–Crippen LogP) is 2.91. The summed E-state index contributed by atoms with van der Waals surface area (Å²) in [6, 6.07) is 15.3. The highest BCUT2D eigenvalue weighted by atomic mass is 16.4. The number of fused-ring (bicyclic) bond motifs is 2. The molecule has 2 heterocycles. The van der Waals surface area contributed by atoms with Crippen LogP contribution in [-0.4, -0.2) is 16.0 Å². The van der Waals surface area contributed by atoms with E-state index >= 15 is 0 Å². The van der Waals surface area contributed by atoms with E-state index in [9.17, 15) is 14.7 Å². The summed E-state index contributed by atoms with van der Waals surface area (Å²) in [5.41, 5.74) is 1.70. The molecule has 0 fully saturated rings. The molecule has 6 heteroatoms. The molecule has 1 amide bonds. The number of phenols is 1. The largest absolute Gasteiger partial charge is 0.508 e. The number of aromatic hydroxyl groups is 1. The molecule has 2 aromatic heterocycles. The molecule has 0 saturated heterocycles. The molecule has 2 aromatic carbocycles. The van der Waals surface area contributed by atoms with E-state index in [0.29, 0.717) is 16.6 Å². The van der Waals surface area contributed by atoms with Crippen LogP contribution < -0.4 is 10.9 Å². The van der Waals surface area contributed by atoms with Gasteiger partial charge in [0.1, 0.15) is 17.0 Å². The molecule has 124 valence electrons. The summed E-state index contributed by atoms with van der Waals surface area (Å²) in [6.45, 7) is 0.168. The number of carbonyl (C=O) groups excluding carboxylic acids is 1. The summed E-state index contributed by atoms with van der Waals surface area (Å²) >= 11 is 0. The molecule has 0 atom stereocenters. The maximum atomic E-state index is 12.4. The number of phenolic OH excluding ortho intramolecular Hbond substituents is 1. The third-order valence-electron chi connectivity index (χ3n) is 4.03. The first-order chi connectivity index (χ1) is 12.1. The summed E-state index contributed by atoms with van der Waals surface area (Å²) in [6.07, 6.45) is 0. The van der Waals surface area contributed by atoms with Crippen molar-refractivity contribution < 1.29 is 14.3 Å². The molecule has 0 saturated carbocycles. The van der Waals surface area contributed by atoms with Crippen LogP contribution in [0.1, 0.15) is 16.1 Å². The van der Waals surface area contributed by atoms with Crippen LogP contribution in [0, 0.1) is 0 Å². The zero-order valence-corrected chi connectivity index (χ0v) is 13.1. The molecule has 0 unspecified atom stereocenters. The molecule has 6 nitrogen and oxygen atoms in total. The lowest BCUT2D eigenvalue weighted by Gasteiger charge is -2.07. The fourth-order valence-corrected chi connectivity index (χ4v) is 2.83. The van der Waals surface area contributed by atoms with Crippen LogP contribution in [0.25, 0.3) is 21.9 Å². The standard InChI is InChI=1S/C19H14N2O4/c22-13-5-6-14-12(8-18(23)25-17(14)9-13)10-20-19(24)16-7-11-3-1-2-4-15(11)21-16/h1-9,21-22H,10H2,(H,20,24). The zero-order chi connectivity index (χ0) is 17.4. The maximum absolute atomic E-state index is 12.4. The molecule has 4 rings (SSSR count). The molecule has 0 radical (unpaired) electrons. The van der Waals surface area contributed by atoms with Crippen molar-refractivity contribution in [2.24, 2.45) is 0 Å². The Morgan fingerprint density at radius 3 is 2.80 bits per heavy atom. The summed E-state index contributed by atoms with van der Waals surface area (Å²) in [4.78, 5) is 27.1. The molecule has 0 aliphatic heterocycles. The minimum absolute atomic E-state index is 0.00918. The number of hydrogen-bond acceptors (Lipinski definition) is 4. The van der Waals surface area contributed by atoms with Crippen molar-refractivity contribution in [3.63, 3.8) is 0 Å². The summed E-state index contributed by atoms with van der Waals surface area (Å²) in [5, 5.41) is 13.9. The first-order valence-electron chi connectivity index (χ1n) is 7.72. The normalized spacial score (nSPS) is 11.0. The van der Waals surface area contributed by atoms with Crippen LogP contribution in [0.3, 0.4) is 0 Å². The van der Waals surface area contributed by atoms with Gasteiger partial charge in [-0.25, -0.2) is 4.79 Å². The number of nitrogens with one attached hydrogen (secondary N) is 2. The smallest absolute Gasteiger partial charge is 0.336 e. The quantitative estimate of drug-likeness (QED) is 0.502. The highest BCUT2D eigenvalue weighted by Gasteiger charge is 2.11. The van der Waals surface area contributed by atoms with Crippen LogP contribution in [0.15, 0.2) is 63.8 Å². The van der Waals surface area contributed by atoms with Gasteiger partial charge in [-0.05, 0) is 29.8 Å². The van der Waals surface area contributed by atoms with E-state index in [1.165, 1.54) is 18.2 Å². The van der Waals surface area contributed by atoms with Crippen LogP contribution in [0.2, 0.25) is 0 Å². The monoisotopic (exact) mass is 334 g/mol. The lowest BCUT2D eigenvalue weighted by molar-refractivity contribution is 0.0947. The highest BCUT2D eigenvalue weighted by molar-refractivity contribution is 5.98. The van der Waals surface area contributed by atoms with E-state index in [1.807, 2.05) is 24.3 Å². The van der Waals surface area contributed by atoms with Crippen molar-refractivity contribution in [2.75, 3.05) is 0 Å². The number of hydrogen-bond donors (Lipinski definition) is 3. The second-order valence-corrected chi connectivity index (χ2v) is 5.72. The molecule has 3 N–H and O–H groups in total. The van der Waals surface area contributed by atoms with Gasteiger partial charge in [0.15, 0.2) is 0 Å². The van der Waals surface area contributed by atoms with Crippen molar-refractivity contribution in [2.45, 2.75) is 6.54 Å². The van der Waals surface area contributed by atoms with E-state index < -0.39 is 5.63 Å². The number of carbonyl (C=O) groups is 1. The van der Waals surface area contributed by atoms with Crippen molar-refractivity contribution in [1.82, 2.24) is 10.3 Å². The number of rotatable bonds is 3. The average Bonchev–Trinajstić information content (AvgIpc) is 3.03. The van der Waals surface area contributed by atoms with Crippen molar-refractivity contribution in [3.8, 4) is 5.75 Å². The molecule has 0 spiro atoms. The minimum Gasteiger partial charge on any atom is -0.508 e. The second kappa shape index (κ2) is 5.83. The van der Waals surface area contributed by atoms with Gasteiger partial charge in [-0.3, -0.25) is 4.79 Å². The lowest BCUT2D eigenvalue weighted by atomic mass is 10.1. The van der Waals surface area contributed by atoms with Crippen molar-refractivity contribution in [1.29, 1.82) is 0 Å². The van der Waals surface area contributed by atoms with Gasteiger partial charge in [0, 0.05) is 35.0 Å². The molecular formula is C19H14N2O4. The Morgan fingerprint density at radius 1 is 1.12 bits per heavy atom. The molecule has 0 bridgehead atoms. The summed E-state index contributed by atoms with van der Waals surface area (Å²) in [7, 11) is 0. The number of amides is 1. The minimum atomic E-state index is -0.534. The van der Waals surface area contributed by atoms with Crippen LogP contribution in [0.5, 0.6) is 5.75 Å². The van der Waals surface area contributed by atoms with Gasteiger partial charge in [-0.2, -0.15) is 0 Å². The van der Waals surface area contributed by atoms with Crippen LogP contribution >= 0.6 is 0 Å². The number of aromatic nitrogens is 1. The zero-order valence-electron chi connectivity index (χ0n) is 13.1. The van der Waals surface area contributed by atoms with Crippen molar-refractivity contribution >= 4 is 27.8 Å². The van der Waals surface area contributed by atoms with Gasteiger partial charge in [0.2, 0.25) is 0 Å². The SMILES string of the molecule is O=C(NCc1cc(=O)oc2cc(O)ccc12)c1cc2ccccc2[nH]1. The van der Waals surface area contributed by atoms with Gasteiger partial charge < -0.3 is 19.8 Å². The maximum Gasteiger partial charge on any atom is 0.336 e. The number of para-hydroxylation sites is 1. The fraction of sp³-hybridized carbons (Fsp3) is 0.0526. The Kier molecular flexibility index (Phi) is 3.50. The van der Waals surface area contributed by atoms with Gasteiger partial charge in [-0.1, -0.05) is 18.2 Å². The molecule has 0 aliphatic rings. The van der Waals surface area contributed by atoms with E-state index in [4.69, 9.17) is 4.42 Å². The first kappa shape index (κ1) is 15.0. The van der Waals surface area contributed by atoms with Gasteiger partial charge in [-0.15, -0.1) is 0 Å². The van der Waals surface area contributed by atoms with E-state index in [-0.39, 0.29) is 23.8 Å². The molecule has 4 aromatic rings. The number of benzene rings is 2. The van der Waals surface area contributed by atoms with E-state index in [2.05, 4.69) is 10.3 Å². The highest BCUT2D eigenvalue weighted by Crippen LogP contribution is 2.22. The predicted molar refractivity (Wildman–Crippen MR) is 93.6 cm³/mol.